The van der Waals surface area contributed by atoms with Crippen molar-refractivity contribution in [2.45, 2.75) is 19.4 Å². The van der Waals surface area contributed by atoms with Crippen LogP contribution in [0.5, 0.6) is 0 Å². The summed E-state index contributed by atoms with van der Waals surface area (Å²) in [6.45, 7) is 1.96. The number of nitrogens with zero attached hydrogens (tertiary/aromatic N) is 2. The zero-order valence-corrected chi connectivity index (χ0v) is 9.30. The van der Waals surface area contributed by atoms with E-state index in [4.69, 9.17) is 14.7 Å². The third-order valence-electron chi connectivity index (χ3n) is 2.66. The summed E-state index contributed by atoms with van der Waals surface area (Å²) < 4.78 is 10.6. The molecule has 0 aliphatic carbocycles. The fraction of sp³-hybridized carbons (Fsp3) is 0.273. The number of rotatable bonds is 3. The molecule has 0 aliphatic heterocycles. The monoisotopic (exact) mass is 232 g/mol. The molecule has 0 radical (unpaired) electrons. The molecule has 0 aliphatic rings. The van der Waals surface area contributed by atoms with Crippen molar-refractivity contribution in [1.29, 1.82) is 0 Å². The maximum absolute atomic E-state index is 5.81. The lowest BCUT2D eigenvalue weighted by atomic mass is 10.2. The molecule has 3 aromatic rings. The van der Waals surface area contributed by atoms with Crippen molar-refractivity contribution >= 4 is 11.1 Å². The van der Waals surface area contributed by atoms with Crippen LogP contribution in [0.15, 0.2) is 27.3 Å². The topological polar surface area (TPSA) is 93.9 Å². The second kappa shape index (κ2) is 3.74. The minimum absolute atomic E-state index is 0.226. The summed E-state index contributed by atoms with van der Waals surface area (Å²) in [6.07, 6.45) is 2.56. The van der Waals surface area contributed by atoms with Gasteiger partial charge in [0, 0.05) is 11.6 Å². The van der Waals surface area contributed by atoms with Crippen LogP contribution in [0.25, 0.3) is 22.7 Å². The third kappa shape index (κ3) is 1.62. The molecule has 0 bridgehead atoms. The lowest BCUT2D eigenvalue weighted by Crippen LogP contribution is -2.08. The summed E-state index contributed by atoms with van der Waals surface area (Å²) >= 11 is 0. The Bertz CT molecular complexity index is 608. The Morgan fingerprint density at radius 2 is 2.41 bits per heavy atom. The van der Waals surface area contributed by atoms with E-state index in [9.17, 15) is 0 Å². The molecular formula is C11H12N4O2. The van der Waals surface area contributed by atoms with Crippen LogP contribution in [0.1, 0.15) is 25.3 Å². The van der Waals surface area contributed by atoms with Gasteiger partial charge in [-0.15, -0.1) is 0 Å². The average molecular weight is 232 g/mol. The van der Waals surface area contributed by atoms with E-state index >= 15 is 0 Å². The van der Waals surface area contributed by atoms with Crippen molar-refractivity contribution in [2.24, 2.45) is 5.73 Å². The maximum Gasteiger partial charge on any atom is 0.243 e. The lowest BCUT2D eigenvalue weighted by molar-refractivity contribution is 0.352. The SMILES string of the molecule is CCC(N)c1nc(-c2cc3cc[nH]c3o2)no1. The zero-order chi connectivity index (χ0) is 11.8. The fourth-order valence-electron chi connectivity index (χ4n) is 1.62. The summed E-state index contributed by atoms with van der Waals surface area (Å²) in [7, 11) is 0. The molecule has 6 nitrogen and oxygen atoms in total. The minimum atomic E-state index is -0.226. The molecule has 3 rings (SSSR count). The van der Waals surface area contributed by atoms with Gasteiger partial charge in [-0.05, 0) is 18.6 Å². The lowest BCUT2D eigenvalue weighted by Gasteiger charge is -1.98. The maximum atomic E-state index is 5.81. The molecule has 88 valence electrons. The first-order valence-corrected chi connectivity index (χ1v) is 5.44. The van der Waals surface area contributed by atoms with Gasteiger partial charge >= 0.3 is 0 Å². The number of hydrogen-bond acceptors (Lipinski definition) is 5. The van der Waals surface area contributed by atoms with Crippen LogP contribution in [0.4, 0.5) is 0 Å². The fourth-order valence-corrected chi connectivity index (χ4v) is 1.62. The average Bonchev–Trinajstić information content (AvgIpc) is 3.00. The van der Waals surface area contributed by atoms with Crippen molar-refractivity contribution in [3.05, 3.63) is 24.2 Å². The van der Waals surface area contributed by atoms with Crippen molar-refractivity contribution in [3.63, 3.8) is 0 Å². The predicted octanol–water partition coefficient (Wildman–Crippen LogP) is 2.22. The molecular weight excluding hydrogens is 220 g/mol. The van der Waals surface area contributed by atoms with Crippen LogP contribution in [0.3, 0.4) is 0 Å². The summed E-state index contributed by atoms with van der Waals surface area (Å²) in [4.78, 5) is 7.19. The van der Waals surface area contributed by atoms with E-state index in [1.165, 1.54) is 0 Å². The number of aromatic nitrogens is 3. The molecule has 17 heavy (non-hydrogen) atoms. The van der Waals surface area contributed by atoms with Gasteiger partial charge in [0.15, 0.2) is 5.76 Å². The molecule has 0 spiro atoms. The van der Waals surface area contributed by atoms with Gasteiger partial charge in [0.1, 0.15) is 0 Å². The molecule has 0 saturated carbocycles. The predicted molar refractivity (Wildman–Crippen MR) is 61.1 cm³/mol. The van der Waals surface area contributed by atoms with Gasteiger partial charge in [-0.25, -0.2) is 0 Å². The van der Waals surface area contributed by atoms with Crippen molar-refractivity contribution in [3.8, 4) is 11.6 Å². The quantitative estimate of drug-likeness (QED) is 0.722. The summed E-state index contributed by atoms with van der Waals surface area (Å²) in [5, 5.41) is 4.83. The molecule has 1 atom stereocenters. The first-order valence-electron chi connectivity index (χ1n) is 5.44. The van der Waals surface area contributed by atoms with E-state index in [1.807, 2.05) is 25.3 Å². The van der Waals surface area contributed by atoms with Gasteiger partial charge in [-0.3, -0.25) is 0 Å². The Hall–Kier alpha value is -2.08. The number of hydrogen-bond donors (Lipinski definition) is 2. The van der Waals surface area contributed by atoms with Gasteiger partial charge in [-0.2, -0.15) is 4.98 Å². The van der Waals surface area contributed by atoms with E-state index in [0.29, 0.717) is 23.2 Å². The Labute approximate surface area is 96.8 Å². The molecule has 0 amide bonds. The van der Waals surface area contributed by atoms with E-state index < -0.39 is 0 Å². The smallest absolute Gasteiger partial charge is 0.243 e. The molecule has 0 aromatic carbocycles. The Balaban J connectivity index is 1.98. The molecule has 0 fully saturated rings. The van der Waals surface area contributed by atoms with Gasteiger partial charge in [-0.1, -0.05) is 12.1 Å². The highest BCUT2D eigenvalue weighted by molar-refractivity contribution is 5.78. The van der Waals surface area contributed by atoms with Gasteiger partial charge in [0.25, 0.3) is 0 Å². The molecule has 1 unspecified atom stereocenters. The van der Waals surface area contributed by atoms with Crippen molar-refractivity contribution in [1.82, 2.24) is 15.1 Å². The van der Waals surface area contributed by atoms with E-state index in [2.05, 4.69) is 15.1 Å². The number of furan rings is 1. The van der Waals surface area contributed by atoms with Crippen LogP contribution in [-0.2, 0) is 0 Å². The standard InChI is InChI=1S/C11H12N4O2/c1-2-7(12)11-14-9(15-17-11)8-5-6-3-4-13-10(6)16-8/h3-5,7,13H,2,12H2,1H3. The first-order chi connectivity index (χ1) is 8.28. The Morgan fingerprint density at radius 1 is 1.53 bits per heavy atom. The van der Waals surface area contributed by atoms with Gasteiger partial charge < -0.3 is 19.7 Å². The molecule has 6 heteroatoms. The number of aromatic amines is 1. The number of H-pyrrole nitrogens is 1. The molecule has 0 saturated heterocycles. The van der Waals surface area contributed by atoms with E-state index in [1.54, 1.807) is 0 Å². The Kier molecular flexibility index (Phi) is 2.22. The minimum Gasteiger partial charge on any atom is -0.436 e. The molecule has 3 aromatic heterocycles. The molecule has 3 heterocycles. The zero-order valence-electron chi connectivity index (χ0n) is 9.30. The number of fused-ring (bicyclic) bond motifs is 1. The van der Waals surface area contributed by atoms with E-state index in [0.717, 1.165) is 11.8 Å². The second-order valence-corrected chi connectivity index (χ2v) is 3.84. The third-order valence-corrected chi connectivity index (χ3v) is 2.66. The summed E-state index contributed by atoms with van der Waals surface area (Å²) in [6, 6.07) is 3.55. The summed E-state index contributed by atoms with van der Waals surface area (Å²) in [5.74, 6) is 1.43. The van der Waals surface area contributed by atoms with Crippen LogP contribution in [0.2, 0.25) is 0 Å². The normalized spacial score (nSPS) is 13.3. The number of nitrogens with two attached hydrogens (primary N) is 1. The number of nitrogens with one attached hydrogen (secondary N) is 1. The van der Waals surface area contributed by atoms with Crippen molar-refractivity contribution in [2.75, 3.05) is 0 Å². The summed E-state index contributed by atoms with van der Waals surface area (Å²) in [5.41, 5.74) is 6.51. The highest BCUT2D eigenvalue weighted by Crippen LogP contribution is 2.25. The first kappa shape index (κ1) is 10.1. The van der Waals surface area contributed by atoms with Crippen LogP contribution in [0, 0.1) is 0 Å². The van der Waals surface area contributed by atoms with Crippen LogP contribution < -0.4 is 5.73 Å². The van der Waals surface area contributed by atoms with E-state index in [-0.39, 0.29) is 6.04 Å². The van der Waals surface area contributed by atoms with Crippen molar-refractivity contribution < 1.29 is 8.94 Å². The van der Waals surface area contributed by atoms with Gasteiger partial charge in [0.05, 0.1) is 6.04 Å². The largest absolute Gasteiger partial charge is 0.436 e. The molecule has 3 N–H and O–H groups in total. The van der Waals surface area contributed by atoms with Crippen LogP contribution in [-0.4, -0.2) is 15.1 Å². The highest BCUT2D eigenvalue weighted by Gasteiger charge is 2.16. The van der Waals surface area contributed by atoms with Gasteiger partial charge in [0.2, 0.25) is 17.4 Å². The second-order valence-electron chi connectivity index (χ2n) is 3.84. The van der Waals surface area contributed by atoms with Crippen LogP contribution >= 0.6 is 0 Å². The Morgan fingerprint density at radius 3 is 3.18 bits per heavy atom. The highest BCUT2D eigenvalue weighted by atomic mass is 16.5.